The van der Waals surface area contributed by atoms with E-state index in [2.05, 4.69) is 19.9 Å². The summed E-state index contributed by atoms with van der Waals surface area (Å²) in [5.41, 5.74) is 0.918. The fraction of sp³-hybridized carbons (Fsp3) is 0.214. The molecule has 1 aliphatic rings. The van der Waals surface area contributed by atoms with Crippen LogP contribution in [0.5, 0.6) is 0 Å². The Hall–Kier alpha value is -2.84. The van der Waals surface area contributed by atoms with Crippen molar-refractivity contribution in [2.24, 2.45) is 0 Å². The molecule has 0 amide bonds. The highest BCUT2D eigenvalue weighted by Crippen LogP contribution is 2.30. The zero-order valence-electron chi connectivity index (χ0n) is 11.6. The van der Waals surface area contributed by atoms with E-state index in [0.717, 1.165) is 0 Å². The van der Waals surface area contributed by atoms with Gasteiger partial charge in [0.2, 0.25) is 5.56 Å². The second-order valence-electron chi connectivity index (χ2n) is 4.74. The van der Waals surface area contributed by atoms with Crippen molar-refractivity contribution in [2.45, 2.75) is 19.2 Å². The SMILES string of the molecule is O=c1ccc(-c2nc(C3=CC=C(OC(F)(F)F)CC3)no2)c[nH]1. The lowest BCUT2D eigenvalue weighted by molar-refractivity contribution is -0.306. The summed E-state index contributed by atoms with van der Waals surface area (Å²) in [6, 6.07) is 2.85. The van der Waals surface area contributed by atoms with Crippen molar-refractivity contribution in [3.05, 3.63) is 52.4 Å². The molecule has 9 heteroatoms. The van der Waals surface area contributed by atoms with Crippen LogP contribution in [0.3, 0.4) is 0 Å². The first-order valence-electron chi connectivity index (χ1n) is 6.59. The van der Waals surface area contributed by atoms with Crippen LogP contribution < -0.4 is 5.56 Å². The molecule has 6 nitrogen and oxygen atoms in total. The lowest BCUT2D eigenvalue weighted by Crippen LogP contribution is -2.13. The molecule has 0 atom stereocenters. The van der Waals surface area contributed by atoms with Crippen LogP contribution in [0.2, 0.25) is 0 Å². The quantitative estimate of drug-likeness (QED) is 0.938. The maximum Gasteiger partial charge on any atom is 0.572 e. The summed E-state index contributed by atoms with van der Waals surface area (Å²) < 4.78 is 45.4. The molecular weight excluding hydrogens is 315 g/mol. The highest BCUT2D eigenvalue weighted by atomic mass is 19.4. The van der Waals surface area contributed by atoms with E-state index in [9.17, 15) is 18.0 Å². The van der Waals surface area contributed by atoms with E-state index in [1.165, 1.54) is 30.5 Å². The Labute approximate surface area is 127 Å². The third-order valence-electron chi connectivity index (χ3n) is 3.10. The zero-order chi connectivity index (χ0) is 16.4. The van der Waals surface area contributed by atoms with Crippen LogP contribution in [-0.4, -0.2) is 21.5 Å². The summed E-state index contributed by atoms with van der Waals surface area (Å²) in [4.78, 5) is 17.7. The predicted octanol–water partition coefficient (Wildman–Crippen LogP) is 3.02. The van der Waals surface area contributed by atoms with Gasteiger partial charge >= 0.3 is 6.36 Å². The number of alkyl halides is 3. The number of allylic oxidation sites excluding steroid dienone is 4. The van der Waals surface area contributed by atoms with E-state index in [1.807, 2.05) is 0 Å². The molecule has 0 saturated carbocycles. The van der Waals surface area contributed by atoms with Gasteiger partial charge in [-0.25, -0.2) is 0 Å². The smallest absolute Gasteiger partial charge is 0.410 e. The minimum Gasteiger partial charge on any atom is -0.410 e. The molecule has 23 heavy (non-hydrogen) atoms. The molecule has 0 spiro atoms. The van der Waals surface area contributed by atoms with Crippen LogP contribution in [-0.2, 0) is 4.74 Å². The first-order valence-corrected chi connectivity index (χ1v) is 6.59. The number of rotatable bonds is 3. The van der Waals surface area contributed by atoms with Gasteiger partial charge in [-0.3, -0.25) is 4.79 Å². The lowest BCUT2D eigenvalue weighted by atomic mass is 10.0. The Morgan fingerprint density at radius 2 is 2.04 bits per heavy atom. The van der Waals surface area contributed by atoms with Crippen molar-refractivity contribution in [3.63, 3.8) is 0 Å². The maximum absolute atomic E-state index is 12.1. The molecule has 0 unspecified atom stereocenters. The van der Waals surface area contributed by atoms with E-state index in [1.54, 1.807) is 0 Å². The number of H-pyrrole nitrogens is 1. The second-order valence-corrected chi connectivity index (χ2v) is 4.74. The summed E-state index contributed by atoms with van der Waals surface area (Å²) in [7, 11) is 0. The van der Waals surface area contributed by atoms with Gasteiger partial charge in [-0.2, -0.15) is 4.98 Å². The van der Waals surface area contributed by atoms with Crippen molar-refractivity contribution in [2.75, 3.05) is 0 Å². The first-order chi connectivity index (χ1) is 10.9. The number of hydrogen-bond donors (Lipinski definition) is 1. The molecular formula is C14H10F3N3O3. The summed E-state index contributed by atoms with van der Waals surface area (Å²) in [5.74, 6) is 0.331. The third-order valence-corrected chi connectivity index (χ3v) is 3.10. The Bertz CT molecular complexity index is 813. The summed E-state index contributed by atoms with van der Waals surface area (Å²) in [6.07, 6.45) is -0.167. The van der Waals surface area contributed by atoms with Crippen molar-refractivity contribution in [1.29, 1.82) is 0 Å². The minimum absolute atomic E-state index is 0.0911. The van der Waals surface area contributed by atoms with Gasteiger partial charge in [0.25, 0.3) is 5.89 Å². The normalized spacial score (nSPS) is 15.1. The number of nitrogens with zero attached hydrogens (tertiary/aromatic N) is 2. The third kappa shape index (κ3) is 3.68. The van der Waals surface area contributed by atoms with Gasteiger partial charge in [-0.15, -0.1) is 13.2 Å². The predicted molar refractivity (Wildman–Crippen MR) is 72.8 cm³/mol. The number of pyridine rings is 1. The molecule has 2 heterocycles. The van der Waals surface area contributed by atoms with Gasteiger partial charge in [0, 0.05) is 24.3 Å². The fourth-order valence-electron chi connectivity index (χ4n) is 2.05. The monoisotopic (exact) mass is 325 g/mol. The number of nitrogens with one attached hydrogen (secondary N) is 1. The number of aromatic nitrogens is 3. The number of aromatic amines is 1. The molecule has 120 valence electrons. The Morgan fingerprint density at radius 1 is 1.22 bits per heavy atom. The molecule has 0 fully saturated rings. The largest absolute Gasteiger partial charge is 0.572 e. The van der Waals surface area contributed by atoms with Crippen molar-refractivity contribution < 1.29 is 22.4 Å². The van der Waals surface area contributed by atoms with E-state index in [-0.39, 0.29) is 29.5 Å². The highest BCUT2D eigenvalue weighted by molar-refractivity contribution is 5.64. The van der Waals surface area contributed by atoms with E-state index < -0.39 is 6.36 Å². The molecule has 1 N–H and O–H groups in total. The van der Waals surface area contributed by atoms with Crippen molar-refractivity contribution in [1.82, 2.24) is 15.1 Å². The first kappa shape index (κ1) is 15.1. The van der Waals surface area contributed by atoms with Crippen LogP contribution >= 0.6 is 0 Å². The standard InChI is InChI=1S/C14H10F3N3O3/c15-14(16,17)22-10-4-1-8(2-5-10)12-19-13(23-20-12)9-3-6-11(21)18-7-9/h1,3-4,6-7H,2,5H2,(H,18,21). The van der Waals surface area contributed by atoms with Gasteiger partial charge in [-0.05, 0) is 18.6 Å². The zero-order valence-corrected chi connectivity index (χ0v) is 11.6. The second kappa shape index (κ2) is 5.75. The molecule has 0 radical (unpaired) electrons. The number of ether oxygens (including phenoxy) is 1. The Balaban J connectivity index is 1.79. The van der Waals surface area contributed by atoms with Crippen LogP contribution in [0.4, 0.5) is 13.2 Å². The minimum atomic E-state index is -4.69. The van der Waals surface area contributed by atoms with Gasteiger partial charge < -0.3 is 14.2 Å². The van der Waals surface area contributed by atoms with Gasteiger partial charge in [-0.1, -0.05) is 11.2 Å². The van der Waals surface area contributed by atoms with Crippen LogP contribution in [0.15, 0.2) is 45.6 Å². The molecule has 3 rings (SSSR count). The average Bonchev–Trinajstić information content (AvgIpc) is 2.97. The number of hydrogen-bond acceptors (Lipinski definition) is 5. The van der Waals surface area contributed by atoms with E-state index in [0.29, 0.717) is 17.6 Å². The van der Waals surface area contributed by atoms with Gasteiger partial charge in [0.1, 0.15) is 5.76 Å². The van der Waals surface area contributed by atoms with Gasteiger partial charge in [0.15, 0.2) is 5.82 Å². The van der Waals surface area contributed by atoms with Crippen LogP contribution in [0.25, 0.3) is 17.0 Å². The maximum atomic E-state index is 12.1. The molecule has 2 aromatic heterocycles. The summed E-state index contributed by atoms with van der Waals surface area (Å²) >= 11 is 0. The molecule has 2 aromatic rings. The Morgan fingerprint density at radius 3 is 2.65 bits per heavy atom. The highest BCUT2D eigenvalue weighted by Gasteiger charge is 2.32. The summed E-state index contributed by atoms with van der Waals surface area (Å²) in [6.45, 7) is 0. The lowest BCUT2D eigenvalue weighted by Gasteiger charge is -2.15. The molecule has 0 aromatic carbocycles. The summed E-state index contributed by atoms with van der Waals surface area (Å²) in [5, 5.41) is 3.80. The topological polar surface area (TPSA) is 81.0 Å². The fourth-order valence-corrected chi connectivity index (χ4v) is 2.05. The molecule has 0 saturated heterocycles. The number of halogens is 3. The van der Waals surface area contributed by atoms with Crippen molar-refractivity contribution >= 4 is 5.57 Å². The van der Waals surface area contributed by atoms with Crippen LogP contribution in [0.1, 0.15) is 18.7 Å². The molecule has 0 bridgehead atoms. The average molecular weight is 325 g/mol. The van der Waals surface area contributed by atoms with Crippen molar-refractivity contribution in [3.8, 4) is 11.5 Å². The molecule has 1 aliphatic carbocycles. The van der Waals surface area contributed by atoms with E-state index in [4.69, 9.17) is 4.52 Å². The van der Waals surface area contributed by atoms with Crippen LogP contribution in [0, 0.1) is 0 Å². The van der Waals surface area contributed by atoms with Gasteiger partial charge in [0.05, 0.1) is 5.56 Å². The molecule has 0 aliphatic heterocycles. The Kier molecular flexibility index (Phi) is 3.77. The van der Waals surface area contributed by atoms with E-state index >= 15 is 0 Å².